The van der Waals surface area contributed by atoms with Gasteiger partial charge in [-0.2, -0.15) is 5.10 Å². The lowest BCUT2D eigenvalue weighted by Crippen LogP contribution is -2.23. The van der Waals surface area contributed by atoms with Crippen LogP contribution in [-0.2, 0) is 12.8 Å². The van der Waals surface area contributed by atoms with E-state index < -0.39 is 0 Å². The summed E-state index contributed by atoms with van der Waals surface area (Å²) in [6.07, 6.45) is 5.67. The molecule has 0 fully saturated rings. The highest BCUT2D eigenvalue weighted by Crippen LogP contribution is 2.34. The molecule has 0 saturated carbocycles. The lowest BCUT2D eigenvalue weighted by atomic mass is 9.97. The number of furan rings is 1. The number of halogens is 1. The molecule has 190 valence electrons. The molecule has 1 aliphatic carbocycles. The van der Waals surface area contributed by atoms with E-state index in [1.165, 1.54) is 11.1 Å². The van der Waals surface area contributed by atoms with E-state index in [4.69, 9.17) is 9.40 Å². The molecule has 9 heteroatoms. The van der Waals surface area contributed by atoms with Gasteiger partial charge in [0.05, 0.1) is 17.3 Å². The third kappa shape index (κ3) is 4.63. The number of nitrogens with zero attached hydrogens (tertiary/aromatic N) is 3. The molecule has 0 radical (unpaired) electrons. The number of aryl methyl sites for hydroxylation is 3. The smallest absolute Gasteiger partial charge is 0.271 e. The molecule has 0 unspecified atom stereocenters. The largest absolute Gasteiger partial charge is 0.455 e. The predicted molar refractivity (Wildman–Crippen MR) is 154 cm³/mol. The van der Waals surface area contributed by atoms with Gasteiger partial charge in [-0.3, -0.25) is 14.2 Å². The van der Waals surface area contributed by atoms with Crippen LogP contribution in [0.5, 0.6) is 0 Å². The lowest BCUT2D eigenvalue weighted by molar-refractivity contribution is 0.0955. The topological polar surface area (TPSA) is 89.5 Å². The number of hydrogen-bond acceptors (Lipinski definition) is 6. The minimum absolute atomic E-state index is 0.0469. The first-order valence-corrected chi connectivity index (χ1v) is 13.9. The Kier molecular flexibility index (Phi) is 6.55. The first-order valence-electron chi connectivity index (χ1n) is 12.3. The summed E-state index contributed by atoms with van der Waals surface area (Å²) >= 11 is 5.10. The number of carbonyl (C=O) groups is 1. The number of carbonyl (C=O) groups excluding carboxylic acids is 1. The molecular weight excluding hydrogens is 564 g/mol. The summed E-state index contributed by atoms with van der Waals surface area (Å²) in [4.78, 5) is 33.0. The van der Waals surface area contributed by atoms with Crippen LogP contribution in [0, 0.1) is 6.92 Å². The average Bonchev–Trinajstić information content (AvgIpc) is 3.53. The standard InChI is InChI=1S/C29H23BrN4O3S/c1-17-32-28-26(23-7-2-3-8-25(23)38-28)29(36)34(17)21-11-9-18(10-12-21)27(35)33-31-16-22-13-14-24(37-22)19-5-4-6-20(30)15-19/h4-6,9-16H,2-3,7-8H2,1H3,(H,33,35)/b31-16+. The second-order valence-electron chi connectivity index (χ2n) is 9.15. The molecule has 3 heterocycles. The predicted octanol–water partition coefficient (Wildman–Crippen LogP) is 6.42. The zero-order valence-corrected chi connectivity index (χ0v) is 22.9. The number of nitrogens with one attached hydrogen (secondary N) is 1. The van der Waals surface area contributed by atoms with E-state index in [-0.39, 0.29) is 11.5 Å². The van der Waals surface area contributed by atoms with Gasteiger partial charge in [-0.05, 0) is 86.7 Å². The average molecular weight is 587 g/mol. The van der Waals surface area contributed by atoms with E-state index in [1.807, 2.05) is 37.3 Å². The number of benzene rings is 2. The van der Waals surface area contributed by atoms with Gasteiger partial charge in [0.1, 0.15) is 22.2 Å². The Hall–Kier alpha value is -3.82. The summed E-state index contributed by atoms with van der Waals surface area (Å²) in [6.45, 7) is 1.84. The number of fused-ring (bicyclic) bond motifs is 3. The Bertz CT molecular complexity index is 1770. The van der Waals surface area contributed by atoms with Gasteiger partial charge in [-0.25, -0.2) is 10.4 Å². The van der Waals surface area contributed by atoms with Crippen molar-refractivity contribution in [3.8, 4) is 17.0 Å². The van der Waals surface area contributed by atoms with Gasteiger partial charge >= 0.3 is 0 Å². The second-order valence-corrected chi connectivity index (χ2v) is 11.1. The highest BCUT2D eigenvalue weighted by atomic mass is 79.9. The Morgan fingerprint density at radius 2 is 1.95 bits per heavy atom. The highest BCUT2D eigenvalue weighted by molar-refractivity contribution is 9.10. The molecule has 1 aliphatic rings. The van der Waals surface area contributed by atoms with Gasteiger partial charge < -0.3 is 4.42 Å². The quantitative estimate of drug-likeness (QED) is 0.190. The summed E-state index contributed by atoms with van der Waals surface area (Å²) in [7, 11) is 0. The third-order valence-corrected chi connectivity index (χ3v) is 8.32. The molecule has 1 amide bonds. The number of rotatable bonds is 5. The summed E-state index contributed by atoms with van der Waals surface area (Å²) in [5.74, 6) is 1.49. The molecule has 7 nitrogen and oxygen atoms in total. The Morgan fingerprint density at radius 1 is 1.13 bits per heavy atom. The molecule has 1 N–H and O–H groups in total. The van der Waals surface area contributed by atoms with Crippen LogP contribution in [0.4, 0.5) is 0 Å². The van der Waals surface area contributed by atoms with Crippen molar-refractivity contribution in [3.63, 3.8) is 0 Å². The maximum absolute atomic E-state index is 13.5. The van der Waals surface area contributed by atoms with Gasteiger partial charge in [0.25, 0.3) is 11.5 Å². The molecule has 0 spiro atoms. The third-order valence-electron chi connectivity index (χ3n) is 6.64. The van der Waals surface area contributed by atoms with Crippen molar-refractivity contribution < 1.29 is 9.21 Å². The van der Waals surface area contributed by atoms with Crippen molar-refractivity contribution in [2.24, 2.45) is 5.10 Å². The fourth-order valence-electron chi connectivity index (χ4n) is 4.81. The zero-order chi connectivity index (χ0) is 26.2. The van der Waals surface area contributed by atoms with Crippen LogP contribution < -0.4 is 11.0 Å². The minimum atomic E-state index is -0.365. The van der Waals surface area contributed by atoms with Crippen LogP contribution >= 0.6 is 27.3 Å². The lowest BCUT2D eigenvalue weighted by Gasteiger charge is -2.12. The van der Waals surface area contributed by atoms with Crippen LogP contribution in [0.2, 0.25) is 0 Å². The molecule has 3 aromatic heterocycles. The molecule has 38 heavy (non-hydrogen) atoms. The minimum Gasteiger partial charge on any atom is -0.455 e. The van der Waals surface area contributed by atoms with E-state index in [0.717, 1.165) is 51.5 Å². The molecule has 0 aliphatic heterocycles. The van der Waals surface area contributed by atoms with Crippen molar-refractivity contribution in [3.05, 3.63) is 103 Å². The number of hydrazone groups is 1. The Labute approximate surface area is 231 Å². The van der Waals surface area contributed by atoms with E-state index in [0.29, 0.717) is 28.6 Å². The Balaban J connectivity index is 1.18. The number of aromatic nitrogens is 2. The van der Waals surface area contributed by atoms with Gasteiger partial charge in [-0.1, -0.05) is 28.1 Å². The SMILES string of the molecule is Cc1nc2sc3c(c2c(=O)n1-c1ccc(C(=O)N/N=C/c2ccc(-c4cccc(Br)c4)o2)cc1)CCCC3. The molecule has 6 rings (SSSR count). The molecule has 2 aromatic carbocycles. The van der Waals surface area contributed by atoms with Crippen molar-refractivity contribution in [1.82, 2.24) is 15.0 Å². The normalized spacial score (nSPS) is 13.2. The van der Waals surface area contributed by atoms with Crippen LogP contribution in [0.15, 0.2) is 79.4 Å². The fraction of sp³-hybridized carbons (Fsp3) is 0.172. The number of hydrogen-bond donors (Lipinski definition) is 1. The molecule has 0 atom stereocenters. The fourth-order valence-corrected chi connectivity index (χ4v) is 6.51. The zero-order valence-electron chi connectivity index (χ0n) is 20.5. The van der Waals surface area contributed by atoms with E-state index >= 15 is 0 Å². The summed E-state index contributed by atoms with van der Waals surface area (Å²) < 4.78 is 8.39. The van der Waals surface area contributed by atoms with Gasteiger partial charge in [0.2, 0.25) is 0 Å². The molecule has 5 aromatic rings. The molecule has 0 saturated heterocycles. The maximum atomic E-state index is 13.5. The number of thiophene rings is 1. The highest BCUT2D eigenvalue weighted by Gasteiger charge is 2.21. The van der Waals surface area contributed by atoms with Crippen LogP contribution in [0.3, 0.4) is 0 Å². The first kappa shape index (κ1) is 24.5. The van der Waals surface area contributed by atoms with Crippen LogP contribution in [-0.4, -0.2) is 21.7 Å². The van der Waals surface area contributed by atoms with Crippen molar-refractivity contribution in [2.75, 3.05) is 0 Å². The van der Waals surface area contributed by atoms with Gasteiger partial charge in [0, 0.05) is 20.5 Å². The first-order chi connectivity index (χ1) is 18.5. The van der Waals surface area contributed by atoms with Crippen LogP contribution in [0.1, 0.15) is 45.2 Å². The van der Waals surface area contributed by atoms with E-state index in [2.05, 4.69) is 26.5 Å². The van der Waals surface area contributed by atoms with Crippen molar-refractivity contribution in [2.45, 2.75) is 32.6 Å². The van der Waals surface area contributed by atoms with Gasteiger partial charge in [-0.15, -0.1) is 11.3 Å². The Morgan fingerprint density at radius 3 is 2.76 bits per heavy atom. The summed E-state index contributed by atoms with van der Waals surface area (Å²) in [5.41, 5.74) is 5.68. The van der Waals surface area contributed by atoms with Crippen molar-refractivity contribution >= 4 is 49.6 Å². The van der Waals surface area contributed by atoms with Gasteiger partial charge in [0.15, 0.2) is 0 Å². The second kappa shape index (κ2) is 10.2. The molecule has 0 bridgehead atoms. The summed E-state index contributed by atoms with van der Waals surface area (Å²) in [6, 6.07) is 18.3. The summed E-state index contributed by atoms with van der Waals surface area (Å²) in [5, 5.41) is 4.77. The maximum Gasteiger partial charge on any atom is 0.271 e. The van der Waals surface area contributed by atoms with Crippen LogP contribution in [0.25, 0.3) is 27.2 Å². The van der Waals surface area contributed by atoms with Crippen molar-refractivity contribution in [1.29, 1.82) is 0 Å². The number of amides is 1. The van der Waals surface area contributed by atoms with E-state index in [9.17, 15) is 9.59 Å². The monoisotopic (exact) mass is 586 g/mol. The van der Waals surface area contributed by atoms with E-state index in [1.54, 1.807) is 46.2 Å². The molecular formula is C29H23BrN4O3S.